The number of aromatic nitrogens is 3. The summed E-state index contributed by atoms with van der Waals surface area (Å²) in [5, 5.41) is 8.41. The SMILES string of the molecule is CC(C)N(Cc1ccc(Cl)c(Cl)c1)C(=O)c1ccc(CSc2ncn[nH]2)cc1. The standard InChI is InChI=1S/C20H20Cl2N4OS/c1-13(2)26(10-15-5-8-17(21)18(22)9-15)19(27)16-6-3-14(4-7-16)11-28-20-23-12-24-25-20/h3-9,12-13H,10-11H2,1-2H3,(H,23,24,25). The van der Waals surface area contributed by atoms with Crippen LogP contribution in [-0.4, -0.2) is 32.0 Å². The second-order valence-electron chi connectivity index (χ2n) is 6.55. The van der Waals surface area contributed by atoms with E-state index in [-0.39, 0.29) is 11.9 Å². The third-order valence-corrected chi connectivity index (χ3v) is 5.88. The molecule has 0 saturated heterocycles. The van der Waals surface area contributed by atoms with Gasteiger partial charge in [0.1, 0.15) is 6.33 Å². The number of H-pyrrole nitrogens is 1. The average molecular weight is 435 g/mol. The fourth-order valence-electron chi connectivity index (χ4n) is 2.65. The van der Waals surface area contributed by atoms with Crippen LogP contribution in [0.2, 0.25) is 10.0 Å². The van der Waals surface area contributed by atoms with E-state index in [0.717, 1.165) is 22.0 Å². The number of nitrogens with one attached hydrogen (secondary N) is 1. The molecule has 0 spiro atoms. The normalized spacial score (nSPS) is 11.0. The van der Waals surface area contributed by atoms with Crippen LogP contribution in [0, 0.1) is 0 Å². The summed E-state index contributed by atoms with van der Waals surface area (Å²) in [7, 11) is 0. The summed E-state index contributed by atoms with van der Waals surface area (Å²) in [6.07, 6.45) is 1.48. The van der Waals surface area contributed by atoms with Gasteiger partial charge in [0.2, 0.25) is 0 Å². The monoisotopic (exact) mass is 434 g/mol. The Bertz CT molecular complexity index is 930. The number of rotatable bonds is 7. The number of carbonyl (C=O) groups is 1. The first-order valence-electron chi connectivity index (χ1n) is 8.76. The Labute approximate surface area is 178 Å². The molecular formula is C20H20Cl2N4OS. The molecule has 0 unspecified atom stereocenters. The Morgan fingerprint density at radius 2 is 1.82 bits per heavy atom. The Hall–Kier alpha value is -2.02. The highest BCUT2D eigenvalue weighted by Crippen LogP contribution is 2.24. The smallest absolute Gasteiger partial charge is 0.254 e. The fourth-order valence-corrected chi connectivity index (χ4v) is 3.70. The van der Waals surface area contributed by atoms with E-state index in [0.29, 0.717) is 22.2 Å². The Balaban J connectivity index is 1.69. The third-order valence-electron chi connectivity index (χ3n) is 4.19. The van der Waals surface area contributed by atoms with Crippen LogP contribution < -0.4 is 0 Å². The highest BCUT2D eigenvalue weighted by molar-refractivity contribution is 7.98. The summed E-state index contributed by atoms with van der Waals surface area (Å²) in [6, 6.07) is 13.2. The molecule has 0 radical (unpaired) electrons. The first kappa shape index (κ1) is 20.7. The number of nitrogens with zero attached hydrogens (tertiary/aromatic N) is 3. The molecule has 0 saturated carbocycles. The highest BCUT2D eigenvalue weighted by Gasteiger charge is 2.19. The molecule has 1 heterocycles. The van der Waals surface area contributed by atoms with Crippen molar-refractivity contribution in [1.82, 2.24) is 20.1 Å². The van der Waals surface area contributed by atoms with Crippen molar-refractivity contribution in [2.75, 3.05) is 0 Å². The van der Waals surface area contributed by atoms with Crippen LogP contribution >= 0.6 is 35.0 Å². The van der Waals surface area contributed by atoms with Crippen LogP contribution in [0.25, 0.3) is 0 Å². The molecule has 0 aliphatic rings. The summed E-state index contributed by atoms with van der Waals surface area (Å²) in [5.74, 6) is 0.733. The van der Waals surface area contributed by atoms with E-state index < -0.39 is 0 Å². The summed E-state index contributed by atoms with van der Waals surface area (Å²) in [6.45, 7) is 4.46. The second kappa shape index (κ2) is 9.45. The van der Waals surface area contributed by atoms with Crippen molar-refractivity contribution in [2.24, 2.45) is 0 Å². The quantitative estimate of drug-likeness (QED) is 0.501. The molecular weight excluding hydrogens is 415 g/mol. The van der Waals surface area contributed by atoms with Crippen molar-refractivity contribution in [1.29, 1.82) is 0 Å². The minimum Gasteiger partial charge on any atom is -0.332 e. The van der Waals surface area contributed by atoms with Gasteiger partial charge in [-0.05, 0) is 49.2 Å². The van der Waals surface area contributed by atoms with Crippen molar-refractivity contribution in [3.05, 3.63) is 75.5 Å². The molecule has 0 aliphatic carbocycles. The molecule has 3 rings (SSSR count). The van der Waals surface area contributed by atoms with Crippen LogP contribution in [0.1, 0.15) is 35.3 Å². The zero-order valence-electron chi connectivity index (χ0n) is 15.5. The maximum absolute atomic E-state index is 13.0. The molecule has 0 aliphatic heterocycles. The van der Waals surface area contributed by atoms with Crippen molar-refractivity contribution >= 4 is 40.9 Å². The molecule has 28 heavy (non-hydrogen) atoms. The first-order valence-corrected chi connectivity index (χ1v) is 10.5. The van der Waals surface area contributed by atoms with Crippen molar-refractivity contribution in [3.8, 4) is 0 Å². The lowest BCUT2D eigenvalue weighted by atomic mass is 10.1. The van der Waals surface area contributed by atoms with Crippen LogP contribution in [0.5, 0.6) is 0 Å². The second-order valence-corrected chi connectivity index (χ2v) is 8.33. The van der Waals surface area contributed by atoms with Crippen LogP contribution in [-0.2, 0) is 12.3 Å². The molecule has 2 aromatic carbocycles. The average Bonchev–Trinajstić information content (AvgIpc) is 3.20. The molecule has 146 valence electrons. The van der Waals surface area contributed by atoms with Gasteiger partial charge in [-0.2, -0.15) is 5.10 Å². The van der Waals surface area contributed by atoms with Gasteiger partial charge in [0.05, 0.1) is 10.0 Å². The Morgan fingerprint density at radius 3 is 2.43 bits per heavy atom. The molecule has 5 nitrogen and oxygen atoms in total. The summed E-state index contributed by atoms with van der Waals surface area (Å²) in [4.78, 5) is 18.9. The maximum atomic E-state index is 13.0. The van der Waals surface area contributed by atoms with Crippen molar-refractivity contribution in [2.45, 2.75) is 37.3 Å². The number of hydrogen-bond acceptors (Lipinski definition) is 4. The van der Waals surface area contributed by atoms with Crippen LogP contribution in [0.15, 0.2) is 53.9 Å². The van der Waals surface area contributed by atoms with E-state index in [2.05, 4.69) is 15.2 Å². The molecule has 0 atom stereocenters. The zero-order valence-corrected chi connectivity index (χ0v) is 17.9. The highest BCUT2D eigenvalue weighted by atomic mass is 35.5. The van der Waals surface area contributed by atoms with E-state index in [4.69, 9.17) is 23.2 Å². The third kappa shape index (κ3) is 5.28. The number of benzene rings is 2. The number of amides is 1. The van der Waals surface area contributed by atoms with Crippen molar-refractivity contribution in [3.63, 3.8) is 0 Å². The summed E-state index contributed by atoms with van der Waals surface area (Å²) >= 11 is 13.7. The maximum Gasteiger partial charge on any atom is 0.254 e. The lowest BCUT2D eigenvalue weighted by molar-refractivity contribution is 0.0690. The van der Waals surface area contributed by atoms with Crippen LogP contribution in [0.4, 0.5) is 0 Å². The summed E-state index contributed by atoms with van der Waals surface area (Å²) in [5.41, 5.74) is 2.71. The zero-order chi connectivity index (χ0) is 20.1. The molecule has 8 heteroatoms. The Morgan fingerprint density at radius 1 is 1.11 bits per heavy atom. The van der Waals surface area contributed by atoms with Gasteiger partial charge in [-0.15, -0.1) is 0 Å². The van der Waals surface area contributed by atoms with Gasteiger partial charge in [0, 0.05) is 23.9 Å². The lowest BCUT2D eigenvalue weighted by Crippen LogP contribution is -2.36. The lowest BCUT2D eigenvalue weighted by Gasteiger charge is -2.27. The molecule has 1 aromatic heterocycles. The van der Waals surface area contributed by atoms with E-state index in [1.807, 2.05) is 49.1 Å². The van der Waals surface area contributed by atoms with Gasteiger partial charge in [0.15, 0.2) is 5.16 Å². The molecule has 1 amide bonds. The first-order chi connectivity index (χ1) is 13.4. The number of thioether (sulfide) groups is 1. The van der Waals surface area contributed by atoms with E-state index in [1.165, 1.54) is 6.33 Å². The predicted octanol–water partition coefficient (Wildman–Crippen LogP) is 5.45. The van der Waals surface area contributed by atoms with E-state index in [1.54, 1.807) is 23.9 Å². The minimum atomic E-state index is -0.0180. The number of halogens is 2. The molecule has 3 aromatic rings. The number of hydrogen-bond donors (Lipinski definition) is 1. The Kier molecular flexibility index (Phi) is 6.99. The minimum absolute atomic E-state index is 0.0180. The predicted molar refractivity (Wildman–Crippen MR) is 114 cm³/mol. The van der Waals surface area contributed by atoms with Gasteiger partial charge < -0.3 is 4.90 Å². The van der Waals surface area contributed by atoms with E-state index in [9.17, 15) is 4.79 Å². The van der Waals surface area contributed by atoms with Gasteiger partial charge in [-0.25, -0.2) is 4.98 Å². The number of aromatic amines is 1. The molecule has 0 fully saturated rings. The van der Waals surface area contributed by atoms with Gasteiger partial charge in [0.25, 0.3) is 5.91 Å². The fraction of sp³-hybridized carbons (Fsp3) is 0.250. The molecule has 0 bridgehead atoms. The molecule has 1 N–H and O–H groups in total. The van der Waals surface area contributed by atoms with Crippen molar-refractivity contribution < 1.29 is 4.79 Å². The largest absolute Gasteiger partial charge is 0.332 e. The van der Waals surface area contributed by atoms with Gasteiger partial charge >= 0.3 is 0 Å². The number of carbonyl (C=O) groups excluding carboxylic acids is 1. The van der Waals surface area contributed by atoms with Gasteiger partial charge in [-0.3, -0.25) is 9.89 Å². The van der Waals surface area contributed by atoms with E-state index >= 15 is 0 Å². The van der Waals surface area contributed by atoms with Gasteiger partial charge in [-0.1, -0.05) is 53.2 Å². The topological polar surface area (TPSA) is 61.9 Å². The van der Waals surface area contributed by atoms with Crippen LogP contribution in [0.3, 0.4) is 0 Å². The summed E-state index contributed by atoms with van der Waals surface area (Å²) < 4.78 is 0.